The number of nitrogens with zero attached hydrogens (tertiary/aromatic N) is 2. The van der Waals surface area contributed by atoms with E-state index in [-0.39, 0.29) is 24.4 Å². The largest absolute Gasteiger partial charge is 0.461 e. The molecule has 0 aromatic heterocycles. The number of morpholine rings is 1. The molecule has 0 bridgehead atoms. The predicted molar refractivity (Wildman–Crippen MR) is 151 cm³/mol. The smallest absolute Gasteiger partial charge is 0.378 e. The van der Waals surface area contributed by atoms with E-state index in [1.165, 1.54) is 38.1 Å². The molecule has 1 aromatic carbocycles. The Hall–Kier alpha value is -3.46. The maximum absolute atomic E-state index is 14.1. The number of carbonyl (C=O) groups excluding carboxylic acids is 5. The van der Waals surface area contributed by atoms with Crippen LogP contribution in [-0.2, 0) is 19.1 Å². The Morgan fingerprint density at radius 1 is 0.844 bits per heavy atom. The number of alkyl halides is 5. The first kappa shape index (κ1) is 36.0. The van der Waals surface area contributed by atoms with Crippen LogP contribution in [0.25, 0.3) is 0 Å². The highest BCUT2D eigenvalue weighted by atomic mass is 19.4. The van der Waals surface area contributed by atoms with Crippen molar-refractivity contribution in [3.05, 3.63) is 35.4 Å². The molecule has 1 aromatic rings. The molecule has 2 saturated heterocycles. The lowest BCUT2D eigenvalue weighted by Crippen LogP contribution is -2.63. The number of rotatable bonds is 10. The summed E-state index contributed by atoms with van der Waals surface area (Å²) in [5.74, 6) is -12.3. The second kappa shape index (κ2) is 14.8. The molecular formula is C30H39F5N4O6. The molecule has 3 atom stereocenters. The van der Waals surface area contributed by atoms with Crippen molar-refractivity contribution in [1.29, 1.82) is 0 Å². The quantitative estimate of drug-likeness (QED) is 0.374. The van der Waals surface area contributed by atoms with Gasteiger partial charge in [-0.05, 0) is 55.5 Å². The number of benzene rings is 1. The van der Waals surface area contributed by atoms with Crippen LogP contribution in [0.3, 0.4) is 0 Å². The van der Waals surface area contributed by atoms with Gasteiger partial charge in [-0.3, -0.25) is 34.2 Å². The standard InChI is InChI=1S/C30H39F5N4O6/c1-17(2)22(36-25(41)19-8-10-20(11-9-19)28(44)38-13-15-45-16-14-38)27(43)37-26(42)21-7-5-6-12-39(21)23(18(3)4)24(40)29(31,32)30(33,34)35/h8-11,17-18,21-23H,5-7,12-16H2,1-4H3,(H,36,41)(H,37,42,43)/t21?,22-,23?/m0/s1. The van der Waals surface area contributed by atoms with Gasteiger partial charge in [-0.1, -0.05) is 34.1 Å². The van der Waals surface area contributed by atoms with Gasteiger partial charge in [0.25, 0.3) is 11.8 Å². The number of halogens is 5. The predicted octanol–water partition coefficient (Wildman–Crippen LogP) is 3.20. The zero-order valence-electron chi connectivity index (χ0n) is 25.6. The minimum Gasteiger partial charge on any atom is -0.378 e. The first-order chi connectivity index (χ1) is 21.0. The molecule has 2 unspecified atom stereocenters. The molecule has 45 heavy (non-hydrogen) atoms. The molecule has 0 saturated carbocycles. The fourth-order valence-electron chi connectivity index (χ4n) is 5.49. The summed E-state index contributed by atoms with van der Waals surface area (Å²) in [5.41, 5.74) is 0.501. The Morgan fingerprint density at radius 2 is 1.42 bits per heavy atom. The maximum Gasteiger partial charge on any atom is 0.461 e. The van der Waals surface area contributed by atoms with Gasteiger partial charge in [-0.15, -0.1) is 0 Å². The lowest BCUT2D eigenvalue weighted by atomic mass is 9.89. The molecule has 2 heterocycles. The third-order valence-electron chi connectivity index (χ3n) is 7.94. The van der Waals surface area contributed by atoms with E-state index >= 15 is 0 Å². The third-order valence-corrected chi connectivity index (χ3v) is 7.94. The van der Waals surface area contributed by atoms with Crippen LogP contribution in [0.5, 0.6) is 0 Å². The number of imide groups is 1. The van der Waals surface area contributed by atoms with Crippen molar-refractivity contribution in [2.24, 2.45) is 11.8 Å². The maximum atomic E-state index is 14.1. The summed E-state index contributed by atoms with van der Waals surface area (Å²) in [6.07, 6.45) is -5.34. The molecule has 0 spiro atoms. The van der Waals surface area contributed by atoms with E-state index < -0.39 is 65.6 Å². The number of ether oxygens (including phenoxy) is 1. The Morgan fingerprint density at radius 3 is 1.96 bits per heavy atom. The molecular weight excluding hydrogens is 607 g/mol. The van der Waals surface area contributed by atoms with Crippen LogP contribution in [0.15, 0.2) is 24.3 Å². The molecule has 0 radical (unpaired) electrons. The molecule has 0 aliphatic carbocycles. The van der Waals surface area contributed by atoms with Crippen molar-refractivity contribution in [2.75, 3.05) is 32.8 Å². The van der Waals surface area contributed by atoms with Crippen LogP contribution in [-0.4, -0.2) is 102 Å². The average Bonchev–Trinajstić information content (AvgIpc) is 2.99. The van der Waals surface area contributed by atoms with E-state index in [1.807, 2.05) is 0 Å². The Bertz CT molecular complexity index is 1250. The van der Waals surface area contributed by atoms with Crippen molar-refractivity contribution < 1.29 is 50.7 Å². The third kappa shape index (κ3) is 8.43. The molecule has 10 nitrogen and oxygen atoms in total. The summed E-state index contributed by atoms with van der Waals surface area (Å²) in [4.78, 5) is 67.4. The summed E-state index contributed by atoms with van der Waals surface area (Å²) in [6.45, 7) is 7.46. The van der Waals surface area contributed by atoms with Gasteiger partial charge in [0.2, 0.25) is 17.6 Å². The summed E-state index contributed by atoms with van der Waals surface area (Å²) >= 11 is 0. The molecule has 2 aliphatic rings. The Labute approximate surface area is 258 Å². The van der Waals surface area contributed by atoms with Gasteiger partial charge in [0.05, 0.1) is 25.3 Å². The fraction of sp³-hybridized carbons (Fsp3) is 0.633. The monoisotopic (exact) mass is 646 g/mol. The van der Waals surface area contributed by atoms with Gasteiger partial charge in [0.1, 0.15) is 6.04 Å². The van der Waals surface area contributed by atoms with E-state index in [2.05, 4.69) is 10.6 Å². The minimum atomic E-state index is -6.11. The van der Waals surface area contributed by atoms with Crippen LogP contribution < -0.4 is 10.6 Å². The molecule has 2 aliphatic heterocycles. The molecule has 2 fully saturated rings. The zero-order valence-corrected chi connectivity index (χ0v) is 25.6. The number of piperidine rings is 1. The first-order valence-electron chi connectivity index (χ1n) is 14.8. The van der Waals surface area contributed by atoms with E-state index in [1.54, 1.807) is 18.7 Å². The molecule has 15 heteroatoms. The van der Waals surface area contributed by atoms with Gasteiger partial charge in [0, 0.05) is 24.2 Å². The number of Topliss-reactive ketones (excluding diaryl/α,β-unsaturated/α-hetero) is 1. The molecule has 4 amide bonds. The Balaban J connectivity index is 1.72. The van der Waals surface area contributed by atoms with Gasteiger partial charge in [-0.2, -0.15) is 22.0 Å². The highest BCUT2D eigenvalue weighted by molar-refractivity contribution is 6.04. The van der Waals surface area contributed by atoms with Crippen molar-refractivity contribution in [3.63, 3.8) is 0 Å². The van der Waals surface area contributed by atoms with Crippen LogP contribution in [0, 0.1) is 11.8 Å². The highest BCUT2D eigenvalue weighted by Gasteiger charge is 2.65. The van der Waals surface area contributed by atoms with Crippen molar-refractivity contribution >= 4 is 29.4 Å². The van der Waals surface area contributed by atoms with Crippen LogP contribution >= 0.6 is 0 Å². The van der Waals surface area contributed by atoms with E-state index in [4.69, 9.17) is 4.74 Å². The fourth-order valence-corrected chi connectivity index (χ4v) is 5.49. The number of hydrogen-bond acceptors (Lipinski definition) is 7. The zero-order chi connectivity index (χ0) is 33.7. The SMILES string of the molecule is CC(C)C(C(=O)C(F)(F)C(F)(F)F)N1CCCCC1C(=O)NC(=O)[C@@H](NC(=O)c1ccc(C(=O)N2CCOCC2)cc1)C(C)C. The summed E-state index contributed by atoms with van der Waals surface area (Å²) < 4.78 is 72.6. The van der Waals surface area contributed by atoms with Gasteiger partial charge in [-0.25, -0.2) is 0 Å². The second-order valence-electron chi connectivity index (χ2n) is 11.9. The molecule has 250 valence electrons. The van der Waals surface area contributed by atoms with Gasteiger partial charge in [0.15, 0.2) is 0 Å². The highest BCUT2D eigenvalue weighted by Crippen LogP contribution is 2.39. The topological polar surface area (TPSA) is 125 Å². The van der Waals surface area contributed by atoms with Crippen molar-refractivity contribution in [2.45, 2.75) is 77.2 Å². The first-order valence-corrected chi connectivity index (χ1v) is 14.8. The number of ketones is 1. The van der Waals surface area contributed by atoms with Crippen molar-refractivity contribution in [3.8, 4) is 0 Å². The van der Waals surface area contributed by atoms with Crippen LogP contribution in [0.4, 0.5) is 22.0 Å². The summed E-state index contributed by atoms with van der Waals surface area (Å²) in [5, 5.41) is 4.72. The lowest BCUT2D eigenvalue weighted by molar-refractivity contribution is -0.271. The second-order valence-corrected chi connectivity index (χ2v) is 11.9. The van der Waals surface area contributed by atoms with Gasteiger partial charge < -0.3 is 15.0 Å². The van der Waals surface area contributed by atoms with E-state index in [0.29, 0.717) is 44.7 Å². The minimum absolute atomic E-state index is 0.0153. The van der Waals surface area contributed by atoms with Crippen molar-refractivity contribution in [1.82, 2.24) is 20.4 Å². The number of nitrogens with one attached hydrogen (secondary N) is 2. The summed E-state index contributed by atoms with van der Waals surface area (Å²) in [6, 6.07) is 1.30. The number of amides is 4. The molecule has 3 rings (SSSR count). The number of likely N-dealkylation sites (tertiary alicyclic amines) is 1. The lowest BCUT2D eigenvalue weighted by Gasteiger charge is -2.42. The average molecular weight is 647 g/mol. The Kier molecular flexibility index (Phi) is 11.8. The normalized spacial score (nSPS) is 19.6. The van der Waals surface area contributed by atoms with E-state index in [0.717, 1.165) is 4.90 Å². The summed E-state index contributed by atoms with van der Waals surface area (Å²) in [7, 11) is 0. The van der Waals surface area contributed by atoms with Crippen LogP contribution in [0.1, 0.15) is 67.7 Å². The van der Waals surface area contributed by atoms with Crippen LogP contribution in [0.2, 0.25) is 0 Å². The molecule has 2 N–H and O–H groups in total. The number of hydrogen-bond donors (Lipinski definition) is 2. The van der Waals surface area contributed by atoms with Gasteiger partial charge >= 0.3 is 12.1 Å². The number of carbonyl (C=O) groups is 5. The van der Waals surface area contributed by atoms with E-state index in [9.17, 15) is 45.9 Å².